The van der Waals surface area contributed by atoms with E-state index in [1.165, 1.54) is 0 Å². The maximum absolute atomic E-state index is 9.92. The van der Waals surface area contributed by atoms with Crippen molar-refractivity contribution in [2.45, 2.75) is 32.4 Å². The number of fused-ring (bicyclic) bond motifs is 1. The first-order valence-corrected chi connectivity index (χ1v) is 7.65. The van der Waals surface area contributed by atoms with E-state index in [-0.39, 0.29) is 0 Å². The second-order valence-corrected chi connectivity index (χ2v) is 6.24. The van der Waals surface area contributed by atoms with Crippen molar-refractivity contribution in [1.82, 2.24) is 14.5 Å². The number of rotatable bonds is 5. The number of pyridine rings is 1. The molecule has 120 valence electrons. The summed E-state index contributed by atoms with van der Waals surface area (Å²) in [6.45, 7) is 4.30. The van der Waals surface area contributed by atoms with Crippen LogP contribution < -0.4 is 4.74 Å². The number of para-hydroxylation sites is 1. The lowest BCUT2D eigenvalue weighted by atomic mass is 10.1. The highest BCUT2D eigenvalue weighted by atomic mass is 16.5. The molecule has 0 aliphatic heterocycles. The molecule has 1 N–H and O–H groups in total. The van der Waals surface area contributed by atoms with Gasteiger partial charge < -0.3 is 14.4 Å². The number of benzene rings is 1. The summed E-state index contributed by atoms with van der Waals surface area (Å²) in [4.78, 5) is 9.15. The standard InChI is InChI=1S/C18H21N3O2/c1-18(2,22)9-11-21-12-10-19-17(21)14-8-7-13-5-4-6-15(23-3)16(13)20-14/h4-8,10,12,22H,9,11H2,1-3H3. The Morgan fingerprint density at radius 3 is 2.78 bits per heavy atom. The molecule has 0 aliphatic rings. The molecule has 1 aromatic carbocycles. The number of hydrogen-bond acceptors (Lipinski definition) is 4. The van der Waals surface area contributed by atoms with Gasteiger partial charge in [0.1, 0.15) is 17.0 Å². The molecule has 0 radical (unpaired) electrons. The largest absolute Gasteiger partial charge is 0.494 e. The Kier molecular flexibility index (Phi) is 4.05. The Labute approximate surface area is 135 Å². The second-order valence-electron chi connectivity index (χ2n) is 6.24. The molecule has 0 unspecified atom stereocenters. The van der Waals surface area contributed by atoms with Gasteiger partial charge in [-0.1, -0.05) is 18.2 Å². The number of aliphatic hydroxyl groups is 1. The van der Waals surface area contributed by atoms with Gasteiger partial charge in [0.2, 0.25) is 0 Å². The SMILES string of the molecule is COc1cccc2ccc(-c3nccn3CCC(C)(C)O)nc12. The molecule has 5 heteroatoms. The Morgan fingerprint density at radius 2 is 2.04 bits per heavy atom. The molecule has 2 aromatic heterocycles. The first-order chi connectivity index (χ1) is 11.0. The lowest BCUT2D eigenvalue weighted by molar-refractivity contribution is 0.0663. The van der Waals surface area contributed by atoms with Crippen LogP contribution in [0.2, 0.25) is 0 Å². The molecule has 2 heterocycles. The smallest absolute Gasteiger partial charge is 0.158 e. The number of hydrogen-bond donors (Lipinski definition) is 1. The molecule has 0 saturated carbocycles. The van der Waals surface area contributed by atoms with Crippen LogP contribution in [0.4, 0.5) is 0 Å². The van der Waals surface area contributed by atoms with Crippen LogP contribution in [0.1, 0.15) is 20.3 Å². The molecular weight excluding hydrogens is 290 g/mol. The van der Waals surface area contributed by atoms with Crippen molar-refractivity contribution in [1.29, 1.82) is 0 Å². The monoisotopic (exact) mass is 311 g/mol. The quantitative estimate of drug-likeness (QED) is 0.785. The lowest BCUT2D eigenvalue weighted by Gasteiger charge is -2.18. The zero-order valence-corrected chi connectivity index (χ0v) is 13.7. The van der Waals surface area contributed by atoms with E-state index in [0.29, 0.717) is 13.0 Å². The molecule has 0 amide bonds. The summed E-state index contributed by atoms with van der Waals surface area (Å²) in [7, 11) is 1.65. The van der Waals surface area contributed by atoms with Crippen molar-refractivity contribution in [2.24, 2.45) is 0 Å². The lowest BCUT2D eigenvalue weighted by Crippen LogP contribution is -2.21. The van der Waals surface area contributed by atoms with Gasteiger partial charge >= 0.3 is 0 Å². The van der Waals surface area contributed by atoms with Crippen LogP contribution in [-0.2, 0) is 6.54 Å². The van der Waals surface area contributed by atoms with E-state index < -0.39 is 5.60 Å². The fourth-order valence-corrected chi connectivity index (χ4v) is 2.53. The van der Waals surface area contributed by atoms with Gasteiger partial charge in [0.05, 0.1) is 12.7 Å². The molecule has 0 spiro atoms. The maximum atomic E-state index is 9.92. The highest BCUT2D eigenvalue weighted by molar-refractivity contribution is 5.86. The predicted octanol–water partition coefficient (Wildman–Crippen LogP) is 3.27. The van der Waals surface area contributed by atoms with Crippen LogP contribution in [0.25, 0.3) is 22.4 Å². The Morgan fingerprint density at radius 1 is 1.22 bits per heavy atom. The first kappa shape index (κ1) is 15.5. The minimum atomic E-state index is -0.707. The van der Waals surface area contributed by atoms with Crippen LogP contribution in [0.15, 0.2) is 42.7 Å². The molecule has 0 saturated heterocycles. The fraction of sp³-hybridized carbons (Fsp3) is 0.333. The average Bonchev–Trinajstić information content (AvgIpc) is 2.99. The predicted molar refractivity (Wildman–Crippen MR) is 90.4 cm³/mol. The average molecular weight is 311 g/mol. The normalized spacial score (nSPS) is 11.8. The number of aromatic nitrogens is 3. The Bertz CT molecular complexity index is 818. The third kappa shape index (κ3) is 3.35. The fourth-order valence-electron chi connectivity index (χ4n) is 2.53. The first-order valence-electron chi connectivity index (χ1n) is 7.65. The zero-order chi connectivity index (χ0) is 16.4. The Hall–Kier alpha value is -2.40. The third-order valence-corrected chi connectivity index (χ3v) is 3.81. The topological polar surface area (TPSA) is 60.2 Å². The molecule has 0 bridgehead atoms. The molecule has 23 heavy (non-hydrogen) atoms. The molecular formula is C18H21N3O2. The van der Waals surface area contributed by atoms with Crippen LogP contribution in [0, 0.1) is 0 Å². The molecule has 0 atom stereocenters. The number of methoxy groups -OCH3 is 1. The van der Waals surface area contributed by atoms with E-state index in [4.69, 9.17) is 9.72 Å². The van der Waals surface area contributed by atoms with Crippen molar-refractivity contribution >= 4 is 10.9 Å². The zero-order valence-electron chi connectivity index (χ0n) is 13.7. The number of imidazole rings is 1. The summed E-state index contributed by atoms with van der Waals surface area (Å²) in [5.74, 6) is 1.54. The minimum absolute atomic E-state index is 0.646. The number of ether oxygens (including phenoxy) is 1. The van der Waals surface area contributed by atoms with Crippen LogP contribution in [-0.4, -0.2) is 32.4 Å². The number of nitrogens with zero attached hydrogens (tertiary/aromatic N) is 3. The third-order valence-electron chi connectivity index (χ3n) is 3.81. The van der Waals surface area contributed by atoms with Crippen molar-refractivity contribution in [2.75, 3.05) is 7.11 Å². The van der Waals surface area contributed by atoms with E-state index >= 15 is 0 Å². The molecule has 5 nitrogen and oxygen atoms in total. The molecule has 0 aliphatic carbocycles. The van der Waals surface area contributed by atoms with E-state index in [2.05, 4.69) is 4.98 Å². The second kappa shape index (κ2) is 6.01. The van der Waals surface area contributed by atoms with Crippen molar-refractivity contribution < 1.29 is 9.84 Å². The highest BCUT2D eigenvalue weighted by Gasteiger charge is 2.15. The van der Waals surface area contributed by atoms with E-state index in [9.17, 15) is 5.11 Å². The van der Waals surface area contributed by atoms with E-state index in [1.807, 2.05) is 54.9 Å². The summed E-state index contributed by atoms with van der Waals surface area (Å²) in [6.07, 6.45) is 4.32. The molecule has 3 aromatic rings. The van der Waals surface area contributed by atoms with Crippen LogP contribution in [0.5, 0.6) is 5.75 Å². The van der Waals surface area contributed by atoms with Gasteiger partial charge in [0.15, 0.2) is 5.82 Å². The summed E-state index contributed by atoms with van der Waals surface area (Å²) >= 11 is 0. The van der Waals surface area contributed by atoms with Crippen molar-refractivity contribution in [3.8, 4) is 17.3 Å². The van der Waals surface area contributed by atoms with Crippen molar-refractivity contribution in [3.63, 3.8) is 0 Å². The number of aryl methyl sites for hydroxylation is 1. The summed E-state index contributed by atoms with van der Waals surface area (Å²) in [6, 6.07) is 9.85. The van der Waals surface area contributed by atoms with Gasteiger partial charge in [-0.2, -0.15) is 0 Å². The maximum Gasteiger partial charge on any atom is 0.158 e. The highest BCUT2D eigenvalue weighted by Crippen LogP contribution is 2.26. The van der Waals surface area contributed by atoms with Gasteiger partial charge in [-0.3, -0.25) is 0 Å². The van der Waals surface area contributed by atoms with Gasteiger partial charge in [-0.05, 0) is 32.4 Å². The van der Waals surface area contributed by atoms with Crippen molar-refractivity contribution in [3.05, 3.63) is 42.7 Å². The Balaban J connectivity index is 1.99. The molecule has 0 fully saturated rings. The van der Waals surface area contributed by atoms with Gasteiger partial charge in [0, 0.05) is 24.3 Å². The van der Waals surface area contributed by atoms with Crippen LogP contribution in [0.3, 0.4) is 0 Å². The summed E-state index contributed by atoms with van der Waals surface area (Å²) in [5, 5.41) is 11.0. The molecule has 3 rings (SSSR count). The minimum Gasteiger partial charge on any atom is -0.494 e. The van der Waals surface area contributed by atoms with Gasteiger partial charge in [0.25, 0.3) is 0 Å². The van der Waals surface area contributed by atoms with E-state index in [1.54, 1.807) is 13.3 Å². The summed E-state index contributed by atoms with van der Waals surface area (Å²) in [5.41, 5.74) is 0.911. The van der Waals surface area contributed by atoms with E-state index in [0.717, 1.165) is 28.2 Å². The van der Waals surface area contributed by atoms with Gasteiger partial charge in [-0.15, -0.1) is 0 Å². The van der Waals surface area contributed by atoms with Gasteiger partial charge in [-0.25, -0.2) is 9.97 Å². The van der Waals surface area contributed by atoms with Crippen LogP contribution >= 0.6 is 0 Å². The summed E-state index contributed by atoms with van der Waals surface area (Å²) < 4.78 is 7.41.